The van der Waals surface area contributed by atoms with Crippen LogP contribution >= 0.6 is 11.3 Å². The van der Waals surface area contributed by atoms with Crippen molar-refractivity contribution in [3.63, 3.8) is 0 Å². The van der Waals surface area contributed by atoms with Crippen LogP contribution in [-0.2, 0) is 9.31 Å². The van der Waals surface area contributed by atoms with Crippen LogP contribution in [0.4, 0.5) is 0 Å². The van der Waals surface area contributed by atoms with Gasteiger partial charge in [-0.05, 0) is 67.2 Å². The molecule has 0 spiro atoms. The molecule has 0 bridgehead atoms. The molecule has 5 aromatic rings. The Kier molecular flexibility index (Phi) is 4.32. The summed E-state index contributed by atoms with van der Waals surface area (Å²) in [5.41, 5.74) is 2.76. The zero-order valence-electron chi connectivity index (χ0n) is 18.8. The fourth-order valence-corrected chi connectivity index (χ4v) is 5.75. The largest absolute Gasteiger partial charge is 0.494 e. The van der Waals surface area contributed by atoms with E-state index in [1.807, 2.05) is 11.3 Å². The number of hydrogen-bond acceptors (Lipinski definition) is 3. The molecule has 0 radical (unpaired) electrons. The van der Waals surface area contributed by atoms with E-state index in [1.54, 1.807) is 0 Å². The fraction of sp³-hybridized carbons (Fsp3) is 0.214. The highest BCUT2D eigenvalue weighted by Gasteiger charge is 2.51. The third-order valence-corrected chi connectivity index (χ3v) is 8.33. The molecule has 1 aromatic heterocycles. The van der Waals surface area contributed by atoms with E-state index < -0.39 is 0 Å². The third-order valence-electron chi connectivity index (χ3n) is 7.11. The first kappa shape index (κ1) is 20.0. The lowest BCUT2D eigenvalue weighted by atomic mass is 9.78. The van der Waals surface area contributed by atoms with Gasteiger partial charge in [-0.25, -0.2) is 0 Å². The Labute approximate surface area is 192 Å². The van der Waals surface area contributed by atoms with Crippen LogP contribution in [0.25, 0.3) is 42.1 Å². The monoisotopic (exact) mass is 436 g/mol. The second-order valence-electron chi connectivity index (χ2n) is 9.69. The quantitative estimate of drug-likeness (QED) is 0.273. The summed E-state index contributed by atoms with van der Waals surface area (Å²) in [6.45, 7) is 8.37. The van der Waals surface area contributed by atoms with Gasteiger partial charge in [-0.3, -0.25) is 0 Å². The molecule has 1 saturated heterocycles. The van der Waals surface area contributed by atoms with E-state index >= 15 is 0 Å². The van der Waals surface area contributed by atoms with Gasteiger partial charge in [0.25, 0.3) is 0 Å². The summed E-state index contributed by atoms with van der Waals surface area (Å²) in [6.07, 6.45) is 0. The van der Waals surface area contributed by atoms with Crippen molar-refractivity contribution < 1.29 is 9.31 Å². The maximum Gasteiger partial charge on any atom is 0.494 e. The molecule has 0 amide bonds. The highest BCUT2D eigenvalue weighted by Crippen LogP contribution is 2.40. The normalized spacial score (nSPS) is 17.6. The average Bonchev–Trinajstić information content (AvgIpc) is 3.27. The Balaban J connectivity index is 1.44. The lowest BCUT2D eigenvalue weighted by Crippen LogP contribution is -2.41. The second-order valence-corrected chi connectivity index (χ2v) is 10.7. The Morgan fingerprint density at radius 1 is 0.656 bits per heavy atom. The molecule has 0 atom stereocenters. The van der Waals surface area contributed by atoms with Crippen molar-refractivity contribution in [1.29, 1.82) is 0 Å². The Morgan fingerprint density at radius 2 is 1.41 bits per heavy atom. The van der Waals surface area contributed by atoms with Crippen molar-refractivity contribution in [2.24, 2.45) is 0 Å². The summed E-state index contributed by atoms with van der Waals surface area (Å²) in [7, 11) is -0.350. The summed E-state index contributed by atoms with van der Waals surface area (Å²) in [4.78, 5) is 0. The van der Waals surface area contributed by atoms with E-state index in [9.17, 15) is 0 Å². The molecule has 2 nitrogen and oxygen atoms in total. The molecular weight excluding hydrogens is 411 g/mol. The molecular formula is C28H25BO2S. The predicted octanol–water partition coefficient (Wildman–Crippen LogP) is 7.17. The summed E-state index contributed by atoms with van der Waals surface area (Å²) in [5.74, 6) is 0. The van der Waals surface area contributed by atoms with Crippen LogP contribution < -0.4 is 5.46 Å². The molecule has 158 valence electrons. The van der Waals surface area contributed by atoms with Crippen LogP contribution in [0.1, 0.15) is 27.7 Å². The van der Waals surface area contributed by atoms with Crippen LogP contribution in [0.2, 0.25) is 0 Å². The van der Waals surface area contributed by atoms with Gasteiger partial charge in [-0.15, -0.1) is 11.3 Å². The third kappa shape index (κ3) is 3.01. The molecule has 4 aromatic carbocycles. The SMILES string of the molecule is CC1(C)OB(c2cccc(-c3ccc4sc5c6ccccc6ccc5c4c3)c2)OC1(C)C. The molecule has 0 unspecified atom stereocenters. The highest BCUT2D eigenvalue weighted by molar-refractivity contribution is 7.26. The van der Waals surface area contributed by atoms with Crippen LogP contribution in [-0.4, -0.2) is 18.3 Å². The molecule has 6 rings (SSSR count). The molecule has 1 aliphatic rings. The highest BCUT2D eigenvalue weighted by atomic mass is 32.1. The summed E-state index contributed by atoms with van der Waals surface area (Å²) < 4.78 is 15.2. The van der Waals surface area contributed by atoms with Crippen molar-refractivity contribution in [2.45, 2.75) is 38.9 Å². The molecule has 2 heterocycles. The van der Waals surface area contributed by atoms with E-state index in [1.165, 1.54) is 42.1 Å². The van der Waals surface area contributed by atoms with E-state index in [-0.39, 0.29) is 18.3 Å². The zero-order valence-corrected chi connectivity index (χ0v) is 19.6. The van der Waals surface area contributed by atoms with Crippen molar-refractivity contribution in [3.05, 3.63) is 78.9 Å². The zero-order chi connectivity index (χ0) is 22.1. The Hall–Kier alpha value is -2.66. The first-order valence-corrected chi connectivity index (χ1v) is 11.9. The van der Waals surface area contributed by atoms with Gasteiger partial charge in [0.2, 0.25) is 0 Å². The van der Waals surface area contributed by atoms with Gasteiger partial charge < -0.3 is 9.31 Å². The van der Waals surface area contributed by atoms with Gasteiger partial charge in [0.05, 0.1) is 11.2 Å². The lowest BCUT2D eigenvalue weighted by molar-refractivity contribution is 0.00578. The predicted molar refractivity (Wildman–Crippen MR) is 138 cm³/mol. The molecule has 1 fully saturated rings. The summed E-state index contributed by atoms with van der Waals surface area (Å²) in [5, 5.41) is 5.26. The molecule has 1 aliphatic heterocycles. The maximum absolute atomic E-state index is 6.28. The number of rotatable bonds is 2. The number of hydrogen-bond donors (Lipinski definition) is 0. The molecule has 0 saturated carbocycles. The first-order chi connectivity index (χ1) is 15.3. The van der Waals surface area contributed by atoms with E-state index in [0.29, 0.717) is 0 Å². The van der Waals surface area contributed by atoms with Crippen molar-refractivity contribution >= 4 is 54.9 Å². The first-order valence-electron chi connectivity index (χ1n) is 11.1. The van der Waals surface area contributed by atoms with Gasteiger partial charge in [-0.2, -0.15) is 0 Å². The topological polar surface area (TPSA) is 18.5 Å². The van der Waals surface area contributed by atoms with Gasteiger partial charge in [0.15, 0.2) is 0 Å². The van der Waals surface area contributed by atoms with E-state index in [4.69, 9.17) is 9.31 Å². The minimum atomic E-state index is -0.350. The Bertz CT molecular complexity index is 1480. The van der Waals surface area contributed by atoms with Gasteiger partial charge in [0, 0.05) is 20.2 Å². The van der Waals surface area contributed by atoms with E-state index in [0.717, 1.165) is 5.46 Å². The van der Waals surface area contributed by atoms with Gasteiger partial charge >= 0.3 is 7.12 Å². The van der Waals surface area contributed by atoms with Crippen LogP contribution in [0.5, 0.6) is 0 Å². The van der Waals surface area contributed by atoms with Crippen LogP contribution in [0.15, 0.2) is 78.9 Å². The summed E-state index contributed by atoms with van der Waals surface area (Å²) >= 11 is 1.88. The fourth-order valence-electron chi connectivity index (χ4n) is 4.53. The number of thiophene rings is 1. The number of benzene rings is 4. The standard InChI is InChI=1S/C28H25BO2S/c1-27(2)28(3,4)31-29(30-27)21-10-7-9-19(16-21)20-13-15-25-24(17-20)23-14-12-18-8-5-6-11-22(18)26(23)32-25/h5-17H,1-4H3. The molecule has 32 heavy (non-hydrogen) atoms. The van der Waals surface area contributed by atoms with Gasteiger partial charge in [-0.1, -0.05) is 66.7 Å². The van der Waals surface area contributed by atoms with Crippen LogP contribution in [0.3, 0.4) is 0 Å². The maximum atomic E-state index is 6.28. The second kappa shape index (κ2) is 6.92. The smallest absolute Gasteiger partial charge is 0.399 e. The van der Waals surface area contributed by atoms with E-state index in [2.05, 4.69) is 107 Å². The van der Waals surface area contributed by atoms with Crippen molar-refractivity contribution in [3.8, 4) is 11.1 Å². The minimum Gasteiger partial charge on any atom is -0.399 e. The molecule has 0 N–H and O–H groups in total. The minimum absolute atomic E-state index is 0.342. The number of fused-ring (bicyclic) bond motifs is 5. The molecule has 0 aliphatic carbocycles. The summed E-state index contributed by atoms with van der Waals surface area (Å²) in [6, 6.07) is 28.5. The molecule has 4 heteroatoms. The lowest BCUT2D eigenvalue weighted by Gasteiger charge is -2.32. The average molecular weight is 436 g/mol. The van der Waals surface area contributed by atoms with Crippen LogP contribution in [0, 0.1) is 0 Å². The Morgan fingerprint density at radius 3 is 2.22 bits per heavy atom. The van der Waals surface area contributed by atoms with Gasteiger partial charge in [0.1, 0.15) is 0 Å². The van der Waals surface area contributed by atoms with Crippen molar-refractivity contribution in [2.75, 3.05) is 0 Å². The van der Waals surface area contributed by atoms with Crippen molar-refractivity contribution in [1.82, 2.24) is 0 Å².